The minimum atomic E-state index is -0.798. The van der Waals surface area contributed by atoms with Crippen LogP contribution in [0.15, 0.2) is 48.6 Å². The first-order valence-corrected chi connectivity index (χ1v) is 21.2. The van der Waals surface area contributed by atoms with E-state index in [1.807, 2.05) is 0 Å². The lowest BCUT2D eigenvalue weighted by atomic mass is 10.0. The van der Waals surface area contributed by atoms with Crippen molar-refractivity contribution in [2.24, 2.45) is 0 Å². The molecule has 0 aliphatic heterocycles. The summed E-state index contributed by atoms with van der Waals surface area (Å²) in [6, 6.07) is 0. The molecular weight excluding hydrogens is 620 g/mol. The third kappa shape index (κ3) is 38.7. The maximum absolute atomic E-state index is 12.2. The number of allylic oxidation sites excluding steroid dienone is 8. The first kappa shape index (κ1) is 47.9. The normalized spacial score (nSPS) is 12.6. The molecule has 0 aromatic rings. The average Bonchev–Trinajstić information content (AvgIpc) is 3.12. The van der Waals surface area contributed by atoms with Gasteiger partial charge in [-0.25, -0.2) is 0 Å². The molecule has 5 heteroatoms. The molecule has 0 radical (unpaired) electrons. The third-order valence-electron chi connectivity index (χ3n) is 9.13. The Labute approximate surface area is 309 Å². The van der Waals surface area contributed by atoms with Gasteiger partial charge in [-0.3, -0.25) is 9.59 Å². The third-order valence-corrected chi connectivity index (χ3v) is 9.13. The topological polar surface area (TPSA) is 72.8 Å². The van der Waals surface area contributed by atoms with Gasteiger partial charge < -0.3 is 14.6 Å². The van der Waals surface area contributed by atoms with Gasteiger partial charge in [0.2, 0.25) is 0 Å². The van der Waals surface area contributed by atoms with Crippen LogP contribution in [0.5, 0.6) is 0 Å². The molecule has 0 saturated carbocycles. The highest BCUT2D eigenvalue weighted by Crippen LogP contribution is 2.15. The summed E-state index contributed by atoms with van der Waals surface area (Å²) in [5.74, 6) is -0.651. The van der Waals surface area contributed by atoms with Crippen LogP contribution in [0.1, 0.15) is 206 Å². The highest BCUT2D eigenvalue weighted by molar-refractivity contribution is 5.70. The number of hydrogen-bond acceptors (Lipinski definition) is 5. The summed E-state index contributed by atoms with van der Waals surface area (Å²) in [7, 11) is 0. The summed E-state index contributed by atoms with van der Waals surface area (Å²) in [5.41, 5.74) is 0. The van der Waals surface area contributed by atoms with E-state index in [9.17, 15) is 14.7 Å². The molecule has 0 spiro atoms. The van der Waals surface area contributed by atoms with E-state index in [1.54, 1.807) is 0 Å². The average molecular weight is 701 g/mol. The van der Waals surface area contributed by atoms with Gasteiger partial charge in [-0.2, -0.15) is 0 Å². The lowest BCUT2D eigenvalue weighted by Crippen LogP contribution is -2.28. The van der Waals surface area contributed by atoms with Gasteiger partial charge in [0.15, 0.2) is 6.10 Å². The molecule has 0 rings (SSSR count). The van der Waals surface area contributed by atoms with Gasteiger partial charge in [-0.1, -0.05) is 191 Å². The summed E-state index contributed by atoms with van der Waals surface area (Å²) in [6.45, 7) is 4.08. The number of carbonyl (C=O) groups excluding carboxylic acids is 2. The number of carbonyl (C=O) groups is 2. The number of ether oxygens (including phenoxy) is 2. The first-order chi connectivity index (χ1) is 24.6. The van der Waals surface area contributed by atoms with Crippen molar-refractivity contribution < 1.29 is 24.2 Å². The van der Waals surface area contributed by atoms with Crippen LogP contribution in [0.25, 0.3) is 0 Å². The highest BCUT2D eigenvalue weighted by Gasteiger charge is 2.16. The van der Waals surface area contributed by atoms with E-state index in [1.165, 1.54) is 128 Å². The molecular formula is C45H80O5. The Morgan fingerprint density at radius 2 is 0.820 bits per heavy atom. The number of rotatable bonds is 38. The van der Waals surface area contributed by atoms with Gasteiger partial charge >= 0.3 is 11.9 Å². The smallest absolute Gasteiger partial charge is 0.306 e. The Bertz CT molecular complexity index is 842. The van der Waals surface area contributed by atoms with E-state index in [4.69, 9.17) is 9.47 Å². The molecule has 0 aliphatic carbocycles. The van der Waals surface area contributed by atoms with Crippen LogP contribution in [0.4, 0.5) is 0 Å². The second-order valence-electron chi connectivity index (χ2n) is 14.1. The SMILES string of the molecule is CCCCC/C=C\C/C=C\C/C=C\C/C=C\CCCC(=O)O[C@@H](CO)COC(=O)CCCCCCCCCCCCCCCCCCCCC. The van der Waals surface area contributed by atoms with E-state index in [2.05, 4.69) is 62.5 Å². The first-order valence-electron chi connectivity index (χ1n) is 21.2. The summed E-state index contributed by atoms with van der Waals surface area (Å²) in [5, 5.41) is 9.56. The zero-order chi connectivity index (χ0) is 36.4. The van der Waals surface area contributed by atoms with Crippen molar-refractivity contribution in [3.8, 4) is 0 Å². The number of unbranched alkanes of at least 4 members (excludes halogenated alkanes) is 22. The second-order valence-corrected chi connectivity index (χ2v) is 14.1. The molecule has 0 bridgehead atoms. The summed E-state index contributed by atoms with van der Waals surface area (Å²) in [4.78, 5) is 24.3. The fourth-order valence-corrected chi connectivity index (χ4v) is 5.90. The molecule has 0 aromatic heterocycles. The van der Waals surface area contributed by atoms with Crippen molar-refractivity contribution >= 4 is 11.9 Å². The fraction of sp³-hybridized carbons (Fsp3) is 0.778. The second kappa shape index (κ2) is 41.3. The molecule has 0 fully saturated rings. The zero-order valence-electron chi connectivity index (χ0n) is 32.9. The maximum atomic E-state index is 12.2. The summed E-state index contributed by atoms with van der Waals surface area (Å²) >= 11 is 0. The van der Waals surface area contributed by atoms with E-state index >= 15 is 0 Å². The molecule has 0 heterocycles. The van der Waals surface area contributed by atoms with Crippen LogP contribution < -0.4 is 0 Å². The van der Waals surface area contributed by atoms with Crippen LogP contribution in [0, 0.1) is 0 Å². The van der Waals surface area contributed by atoms with Crippen LogP contribution in [0.2, 0.25) is 0 Å². The van der Waals surface area contributed by atoms with E-state index in [-0.39, 0.29) is 31.6 Å². The fourth-order valence-electron chi connectivity index (χ4n) is 5.90. The minimum absolute atomic E-state index is 0.0859. The molecule has 1 atom stereocenters. The Hall–Kier alpha value is -2.14. The maximum Gasteiger partial charge on any atom is 0.306 e. The summed E-state index contributed by atoms with van der Waals surface area (Å²) < 4.78 is 10.6. The summed E-state index contributed by atoms with van der Waals surface area (Å²) in [6.07, 6.45) is 51.8. The van der Waals surface area contributed by atoms with E-state index in [0.717, 1.165) is 44.9 Å². The number of hydrogen-bond donors (Lipinski definition) is 1. The lowest BCUT2D eigenvalue weighted by molar-refractivity contribution is -0.161. The van der Waals surface area contributed by atoms with Crippen molar-refractivity contribution in [1.29, 1.82) is 0 Å². The Kier molecular flexibility index (Phi) is 39.5. The Morgan fingerprint density at radius 1 is 0.460 bits per heavy atom. The van der Waals surface area contributed by atoms with E-state index < -0.39 is 6.10 Å². The number of aliphatic hydroxyl groups excluding tert-OH is 1. The standard InChI is InChI=1S/C45H80O5/c1-3-5-7-9-11-13-15-17-19-21-22-24-25-27-29-31-33-35-37-39-44(47)49-42-43(41-46)50-45(48)40-38-36-34-32-30-28-26-23-20-18-16-14-12-10-8-6-4-2/h12,14,18,20,26,28,32,34,43,46H,3-11,13,15-17,19,21-25,27,29-31,33,35-42H2,1-2H3/b14-12-,20-18-,28-26-,34-32-/t43-/m0/s1. The van der Waals surface area contributed by atoms with Crippen molar-refractivity contribution in [2.45, 2.75) is 213 Å². The molecule has 0 saturated heterocycles. The van der Waals surface area contributed by atoms with Crippen LogP contribution >= 0.6 is 0 Å². The number of esters is 2. The quantitative estimate of drug-likeness (QED) is 0.0394. The highest BCUT2D eigenvalue weighted by atomic mass is 16.6. The molecule has 50 heavy (non-hydrogen) atoms. The molecule has 0 unspecified atom stereocenters. The molecule has 0 aromatic carbocycles. The van der Waals surface area contributed by atoms with Crippen LogP contribution in [-0.4, -0.2) is 36.4 Å². The van der Waals surface area contributed by atoms with Crippen molar-refractivity contribution in [3.63, 3.8) is 0 Å². The van der Waals surface area contributed by atoms with Crippen molar-refractivity contribution in [3.05, 3.63) is 48.6 Å². The van der Waals surface area contributed by atoms with Crippen molar-refractivity contribution in [2.75, 3.05) is 13.2 Å². The largest absolute Gasteiger partial charge is 0.462 e. The van der Waals surface area contributed by atoms with E-state index in [0.29, 0.717) is 12.8 Å². The Morgan fingerprint density at radius 3 is 1.26 bits per heavy atom. The van der Waals surface area contributed by atoms with Crippen LogP contribution in [0.3, 0.4) is 0 Å². The lowest BCUT2D eigenvalue weighted by Gasteiger charge is -2.15. The van der Waals surface area contributed by atoms with Gasteiger partial charge in [0.25, 0.3) is 0 Å². The zero-order valence-corrected chi connectivity index (χ0v) is 32.9. The number of aliphatic hydroxyl groups is 1. The minimum Gasteiger partial charge on any atom is -0.462 e. The molecule has 290 valence electrons. The van der Waals surface area contributed by atoms with Gasteiger partial charge in [0, 0.05) is 12.8 Å². The van der Waals surface area contributed by atoms with Crippen LogP contribution in [-0.2, 0) is 19.1 Å². The predicted molar refractivity (Wildman–Crippen MR) is 214 cm³/mol. The molecule has 0 aliphatic rings. The van der Waals surface area contributed by atoms with Gasteiger partial charge in [0.1, 0.15) is 6.61 Å². The monoisotopic (exact) mass is 701 g/mol. The Balaban J connectivity index is 3.60. The molecule has 5 nitrogen and oxygen atoms in total. The van der Waals surface area contributed by atoms with Gasteiger partial charge in [-0.15, -0.1) is 0 Å². The molecule has 0 amide bonds. The molecule has 1 N–H and O–H groups in total. The predicted octanol–water partition coefficient (Wildman–Crippen LogP) is 13.4. The van der Waals surface area contributed by atoms with Gasteiger partial charge in [0.05, 0.1) is 6.61 Å². The van der Waals surface area contributed by atoms with Crippen molar-refractivity contribution in [1.82, 2.24) is 0 Å². The van der Waals surface area contributed by atoms with Gasteiger partial charge in [-0.05, 0) is 51.4 Å².